The van der Waals surface area contributed by atoms with Gasteiger partial charge in [-0.1, -0.05) is 0 Å². The molecule has 0 aliphatic heterocycles. The number of carbonyl (C=O) groups is 1. The lowest BCUT2D eigenvalue weighted by molar-refractivity contribution is -0.137. The molecular weight excluding hydrogens is 286 g/mol. The number of nitrogens with two attached hydrogens (primary N) is 1. The Hall–Kier alpha value is -1.95. The summed E-state index contributed by atoms with van der Waals surface area (Å²) in [6.45, 7) is 0.810. The fourth-order valence-corrected chi connectivity index (χ4v) is 2.82. The average Bonchev–Trinajstić information content (AvgIpc) is 2.90. The summed E-state index contributed by atoms with van der Waals surface area (Å²) >= 11 is 1.71. The maximum Gasteiger partial charge on any atom is 0.303 e. The molecule has 0 unspecified atom stereocenters. The van der Waals surface area contributed by atoms with Crippen molar-refractivity contribution in [2.24, 2.45) is 0 Å². The molecule has 0 aliphatic rings. The third-order valence-corrected chi connectivity index (χ3v) is 4.10. The molecule has 5 nitrogen and oxygen atoms in total. The van der Waals surface area contributed by atoms with Crippen LogP contribution in [-0.4, -0.2) is 20.6 Å². The zero-order valence-electron chi connectivity index (χ0n) is 11.7. The quantitative estimate of drug-likeness (QED) is 0.445. The van der Waals surface area contributed by atoms with E-state index in [0.717, 1.165) is 35.1 Å². The van der Waals surface area contributed by atoms with E-state index in [9.17, 15) is 4.79 Å². The number of carboxylic acids is 1. The first-order valence-electron chi connectivity index (χ1n) is 6.85. The molecule has 0 amide bonds. The van der Waals surface area contributed by atoms with Crippen LogP contribution in [0.2, 0.25) is 0 Å². The lowest BCUT2D eigenvalue weighted by Gasteiger charge is -2.07. The number of aliphatic carboxylic acids is 1. The molecule has 2 rings (SSSR count). The Morgan fingerprint density at radius 1 is 1.29 bits per heavy atom. The van der Waals surface area contributed by atoms with Crippen molar-refractivity contribution in [3.8, 4) is 0 Å². The van der Waals surface area contributed by atoms with Crippen molar-refractivity contribution in [3.05, 3.63) is 42.5 Å². The van der Waals surface area contributed by atoms with Gasteiger partial charge in [0, 0.05) is 35.9 Å². The van der Waals surface area contributed by atoms with Crippen molar-refractivity contribution in [1.82, 2.24) is 9.55 Å². The molecule has 6 heteroatoms. The molecule has 0 spiro atoms. The third-order valence-electron chi connectivity index (χ3n) is 3.09. The van der Waals surface area contributed by atoms with Crippen LogP contribution in [0.3, 0.4) is 0 Å². The number of aromatic nitrogens is 2. The molecule has 1 aromatic heterocycles. The molecule has 3 N–H and O–H groups in total. The first kappa shape index (κ1) is 15.4. The number of carboxylic acid groups (broad SMARTS) is 1. The summed E-state index contributed by atoms with van der Waals surface area (Å²) in [5.41, 5.74) is 6.43. The average molecular weight is 305 g/mol. The highest BCUT2D eigenvalue weighted by Crippen LogP contribution is 2.23. The zero-order chi connectivity index (χ0) is 15.1. The number of thioether (sulfide) groups is 1. The van der Waals surface area contributed by atoms with Gasteiger partial charge in [0.1, 0.15) is 5.82 Å². The van der Waals surface area contributed by atoms with Crippen LogP contribution in [0, 0.1) is 0 Å². The van der Waals surface area contributed by atoms with E-state index in [0.29, 0.717) is 6.42 Å². The van der Waals surface area contributed by atoms with Crippen LogP contribution in [0.25, 0.3) is 0 Å². The summed E-state index contributed by atoms with van der Waals surface area (Å²) in [6, 6.07) is 7.78. The highest BCUT2D eigenvalue weighted by atomic mass is 32.2. The molecule has 0 fully saturated rings. The number of hydrogen-bond acceptors (Lipinski definition) is 4. The lowest BCUT2D eigenvalue weighted by Crippen LogP contribution is -2.03. The van der Waals surface area contributed by atoms with Crippen LogP contribution >= 0.6 is 11.8 Å². The maximum atomic E-state index is 10.5. The Morgan fingerprint density at radius 2 is 2.05 bits per heavy atom. The van der Waals surface area contributed by atoms with Gasteiger partial charge < -0.3 is 15.4 Å². The highest BCUT2D eigenvalue weighted by Gasteiger charge is 2.04. The van der Waals surface area contributed by atoms with E-state index >= 15 is 0 Å². The molecule has 2 aromatic rings. The van der Waals surface area contributed by atoms with Crippen molar-refractivity contribution in [3.63, 3.8) is 0 Å². The normalized spacial score (nSPS) is 10.7. The van der Waals surface area contributed by atoms with E-state index in [1.807, 2.05) is 30.5 Å². The van der Waals surface area contributed by atoms with Gasteiger partial charge in [-0.3, -0.25) is 4.79 Å². The van der Waals surface area contributed by atoms with E-state index in [-0.39, 0.29) is 6.42 Å². The summed E-state index contributed by atoms with van der Waals surface area (Å²) < 4.78 is 2.09. The molecule has 0 bridgehead atoms. The molecular formula is C15H19N3O2S. The van der Waals surface area contributed by atoms with Gasteiger partial charge in [-0.2, -0.15) is 0 Å². The Kier molecular flexibility index (Phi) is 5.68. The number of anilines is 1. The molecule has 21 heavy (non-hydrogen) atoms. The number of rotatable bonds is 8. The van der Waals surface area contributed by atoms with Gasteiger partial charge in [0.2, 0.25) is 0 Å². The van der Waals surface area contributed by atoms with Gasteiger partial charge >= 0.3 is 5.97 Å². The van der Waals surface area contributed by atoms with Gasteiger partial charge in [0.15, 0.2) is 0 Å². The van der Waals surface area contributed by atoms with Gasteiger partial charge in [-0.05, 0) is 37.1 Å². The van der Waals surface area contributed by atoms with E-state index in [1.54, 1.807) is 18.0 Å². The summed E-state index contributed by atoms with van der Waals surface area (Å²) in [5, 5.41) is 8.62. The summed E-state index contributed by atoms with van der Waals surface area (Å²) in [4.78, 5) is 16.0. The van der Waals surface area contributed by atoms with Crippen LogP contribution in [0.1, 0.15) is 25.1 Å². The van der Waals surface area contributed by atoms with Gasteiger partial charge in [-0.25, -0.2) is 4.98 Å². The van der Waals surface area contributed by atoms with Crippen LogP contribution in [0.15, 0.2) is 41.6 Å². The number of nitrogen functional groups attached to an aromatic ring is 1. The predicted octanol–water partition coefficient (Wildman–Crippen LogP) is 3.01. The molecule has 0 radical (unpaired) electrons. The van der Waals surface area contributed by atoms with Gasteiger partial charge in [0.25, 0.3) is 0 Å². The van der Waals surface area contributed by atoms with Gasteiger partial charge in [0.05, 0.1) is 5.75 Å². The maximum absolute atomic E-state index is 10.5. The third kappa shape index (κ3) is 5.15. The van der Waals surface area contributed by atoms with Crippen LogP contribution in [0.4, 0.5) is 5.69 Å². The molecule has 112 valence electrons. The first-order chi connectivity index (χ1) is 10.1. The second-order valence-corrected chi connectivity index (χ2v) is 5.79. The van der Waals surface area contributed by atoms with E-state index in [2.05, 4.69) is 9.55 Å². The molecule has 0 atom stereocenters. The van der Waals surface area contributed by atoms with Crippen molar-refractivity contribution in [2.75, 3.05) is 5.73 Å². The molecule has 0 saturated carbocycles. The second-order valence-electron chi connectivity index (χ2n) is 4.75. The number of unbranched alkanes of at least 4 members (excludes halogenated alkanes) is 1. The minimum Gasteiger partial charge on any atom is -0.481 e. The molecule has 1 heterocycles. The fourth-order valence-electron chi connectivity index (χ4n) is 1.95. The molecule has 0 saturated heterocycles. The monoisotopic (exact) mass is 305 g/mol. The van der Waals surface area contributed by atoms with Crippen molar-refractivity contribution in [2.45, 2.75) is 36.5 Å². The Balaban J connectivity index is 1.82. The second kappa shape index (κ2) is 7.73. The summed E-state index contributed by atoms with van der Waals surface area (Å²) in [5.74, 6) is 1.06. The summed E-state index contributed by atoms with van der Waals surface area (Å²) in [7, 11) is 0. The molecule has 0 aliphatic carbocycles. The minimum absolute atomic E-state index is 0.226. The fraction of sp³-hybridized carbons (Fsp3) is 0.333. The Morgan fingerprint density at radius 3 is 2.76 bits per heavy atom. The highest BCUT2D eigenvalue weighted by molar-refractivity contribution is 7.98. The van der Waals surface area contributed by atoms with Crippen LogP contribution < -0.4 is 5.73 Å². The number of imidazole rings is 1. The molecule has 1 aromatic carbocycles. The number of nitrogens with zero attached hydrogens (tertiary/aromatic N) is 2. The van der Waals surface area contributed by atoms with Crippen LogP contribution in [0.5, 0.6) is 0 Å². The summed E-state index contributed by atoms with van der Waals surface area (Å²) in [6.07, 6.45) is 5.50. The van der Waals surface area contributed by atoms with Gasteiger partial charge in [-0.15, -0.1) is 11.8 Å². The van der Waals surface area contributed by atoms with Crippen molar-refractivity contribution < 1.29 is 9.90 Å². The minimum atomic E-state index is -0.736. The zero-order valence-corrected chi connectivity index (χ0v) is 12.6. The van der Waals surface area contributed by atoms with E-state index < -0.39 is 5.97 Å². The number of aryl methyl sites for hydroxylation is 1. The smallest absolute Gasteiger partial charge is 0.303 e. The standard InChI is InChI=1S/C15H19N3O2S/c16-12-4-6-13(7-5-12)21-11-14-17-8-10-18(14)9-2-1-3-15(19)20/h4-8,10H,1-3,9,11,16H2,(H,19,20). The Bertz CT molecular complexity index is 581. The first-order valence-corrected chi connectivity index (χ1v) is 7.84. The SMILES string of the molecule is Nc1ccc(SCc2nccn2CCCCC(=O)O)cc1. The van der Waals surface area contributed by atoms with Crippen molar-refractivity contribution >= 4 is 23.4 Å². The largest absolute Gasteiger partial charge is 0.481 e. The lowest BCUT2D eigenvalue weighted by atomic mass is 10.2. The van der Waals surface area contributed by atoms with Crippen molar-refractivity contribution in [1.29, 1.82) is 0 Å². The number of hydrogen-bond donors (Lipinski definition) is 2. The predicted molar refractivity (Wildman–Crippen MR) is 84.1 cm³/mol. The number of benzene rings is 1. The topological polar surface area (TPSA) is 81.1 Å². The van der Waals surface area contributed by atoms with E-state index in [1.165, 1.54) is 0 Å². The van der Waals surface area contributed by atoms with E-state index in [4.69, 9.17) is 10.8 Å². The van der Waals surface area contributed by atoms with Crippen LogP contribution in [-0.2, 0) is 17.1 Å². The Labute approximate surface area is 128 Å².